The Bertz CT molecular complexity index is 1220. The standard InChI is InChI=1S/C27H22BN3O2/c28-26(19-14-12-18(13-15-19)25-11-5-6-16-29-25)30-31-27(32)33-17-24-22-9-3-1-7-20(22)21-8-2-4-10-23(21)24/h1-16,24,26,30H,17H2,(H,31,32). The Morgan fingerprint density at radius 2 is 1.52 bits per heavy atom. The van der Waals surface area contributed by atoms with Gasteiger partial charge in [-0.1, -0.05) is 78.9 Å². The fourth-order valence-electron chi connectivity index (χ4n) is 4.25. The molecule has 160 valence electrons. The van der Waals surface area contributed by atoms with Gasteiger partial charge in [-0.15, -0.1) is 0 Å². The third-order valence-electron chi connectivity index (χ3n) is 5.90. The molecule has 0 bridgehead atoms. The van der Waals surface area contributed by atoms with E-state index in [0.717, 1.165) is 16.8 Å². The topological polar surface area (TPSA) is 63.2 Å². The van der Waals surface area contributed by atoms with Gasteiger partial charge >= 0.3 is 6.09 Å². The Morgan fingerprint density at radius 1 is 0.879 bits per heavy atom. The number of hydrogen-bond acceptors (Lipinski definition) is 4. The van der Waals surface area contributed by atoms with Crippen LogP contribution in [-0.2, 0) is 4.74 Å². The largest absolute Gasteiger partial charge is 0.448 e. The molecule has 1 aliphatic carbocycles. The van der Waals surface area contributed by atoms with Gasteiger partial charge in [0, 0.05) is 23.6 Å². The fourth-order valence-corrected chi connectivity index (χ4v) is 4.25. The Hall–Kier alpha value is -3.90. The van der Waals surface area contributed by atoms with Gasteiger partial charge in [-0.25, -0.2) is 10.2 Å². The molecule has 0 spiro atoms. The molecule has 0 aliphatic heterocycles. The van der Waals surface area contributed by atoms with Crippen LogP contribution in [0.15, 0.2) is 97.2 Å². The van der Waals surface area contributed by atoms with E-state index in [1.54, 1.807) is 6.20 Å². The first-order chi connectivity index (χ1) is 16.2. The number of carbonyl (C=O) groups excluding carboxylic acids is 1. The molecule has 0 saturated carbocycles. The van der Waals surface area contributed by atoms with Gasteiger partial charge in [0.15, 0.2) is 0 Å². The molecule has 1 aliphatic rings. The summed E-state index contributed by atoms with van der Waals surface area (Å²) in [7, 11) is 6.18. The van der Waals surface area contributed by atoms with Crippen LogP contribution in [0.2, 0.25) is 0 Å². The van der Waals surface area contributed by atoms with Crippen molar-refractivity contribution in [2.24, 2.45) is 0 Å². The van der Waals surface area contributed by atoms with Crippen LogP contribution in [0.5, 0.6) is 0 Å². The monoisotopic (exact) mass is 431 g/mol. The average molecular weight is 431 g/mol. The number of aromatic nitrogens is 1. The lowest BCUT2D eigenvalue weighted by Crippen LogP contribution is -2.41. The van der Waals surface area contributed by atoms with Crippen LogP contribution in [0.3, 0.4) is 0 Å². The van der Waals surface area contributed by atoms with E-state index in [1.165, 1.54) is 22.3 Å². The zero-order chi connectivity index (χ0) is 22.6. The summed E-state index contributed by atoms with van der Waals surface area (Å²) in [6.45, 7) is 0.246. The predicted octanol–water partition coefficient (Wildman–Crippen LogP) is 4.96. The van der Waals surface area contributed by atoms with Crippen LogP contribution in [0.25, 0.3) is 22.4 Å². The lowest BCUT2D eigenvalue weighted by molar-refractivity contribution is 0.137. The number of amides is 1. The summed E-state index contributed by atoms with van der Waals surface area (Å²) in [6.07, 6.45) is 1.19. The molecule has 1 unspecified atom stereocenters. The van der Waals surface area contributed by atoms with Crippen LogP contribution in [0.4, 0.5) is 4.79 Å². The zero-order valence-electron chi connectivity index (χ0n) is 17.9. The number of hydrazine groups is 1. The van der Waals surface area contributed by atoms with Crippen LogP contribution in [-0.4, -0.2) is 25.5 Å². The number of ether oxygens (including phenoxy) is 1. The van der Waals surface area contributed by atoms with E-state index >= 15 is 0 Å². The number of benzene rings is 3. The van der Waals surface area contributed by atoms with Crippen molar-refractivity contribution in [2.75, 3.05) is 6.61 Å². The summed E-state index contributed by atoms with van der Waals surface area (Å²) in [4.78, 5) is 16.7. The molecule has 2 N–H and O–H groups in total. The molecule has 0 saturated heterocycles. The first-order valence-electron chi connectivity index (χ1n) is 10.8. The van der Waals surface area contributed by atoms with E-state index in [9.17, 15) is 4.79 Å². The Balaban J connectivity index is 1.17. The number of pyridine rings is 1. The van der Waals surface area contributed by atoms with Crippen molar-refractivity contribution in [3.8, 4) is 22.4 Å². The second-order valence-corrected chi connectivity index (χ2v) is 7.91. The minimum atomic E-state index is -0.580. The molecule has 1 heterocycles. The second kappa shape index (κ2) is 9.31. The molecule has 6 heteroatoms. The quantitative estimate of drug-likeness (QED) is 0.335. The highest BCUT2D eigenvalue weighted by molar-refractivity contribution is 6.12. The highest BCUT2D eigenvalue weighted by Gasteiger charge is 2.29. The summed E-state index contributed by atoms with van der Waals surface area (Å²) in [6, 6.07) is 30.0. The Morgan fingerprint density at radius 3 is 2.15 bits per heavy atom. The van der Waals surface area contributed by atoms with E-state index < -0.39 is 12.0 Å². The summed E-state index contributed by atoms with van der Waals surface area (Å²) < 4.78 is 5.53. The van der Waals surface area contributed by atoms with E-state index in [-0.39, 0.29) is 12.5 Å². The lowest BCUT2D eigenvalue weighted by Gasteiger charge is -2.18. The van der Waals surface area contributed by atoms with Gasteiger partial charge in [-0.2, -0.15) is 0 Å². The maximum Gasteiger partial charge on any atom is 0.421 e. The number of carbonyl (C=O) groups is 1. The van der Waals surface area contributed by atoms with Crippen LogP contribution >= 0.6 is 0 Å². The highest BCUT2D eigenvalue weighted by atomic mass is 16.6. The van der Waals surface area contributed by atoms with Gasteiger partial charge in [0.05, 0.1) is 13.5 Å². The van der Waals surface area contributed by atoms with E-state index in [0.29, 0.717) is 0 Å². The fraction of sp³-hybridized carbons (Fsp3) is 0.111. The summed E-state index contributed by atoms with van der Waals surface area (Å²) in [5.41, 5.74) is 12.8. The highest BCUT2D eigenvalue weighted by Crippen LogP contribution is 2.44. The van der Waals surface area contributed by atoms with Gasteiger partial charge in [0.2, 0.25) is 0 Å². The van der Waals surface area contributed by atoms with Gasteiger partial charge in [-0.3, -0.25) is 10.4 Å². The third-order valence-corrected chi connectivity index (χ3v) is 5.90. The minimum Gasteiger partial charge on any atom is -0.448 e. The molecule has 5 nitrogen and oxygen atoms in total. The maximum atomic E-state index is 12.3. The molecule has 33 heavy (non-hydrogen) atoms. The number of fused-ring (bicyclic) bond motifs is 3. The minimum absolute atomic E-state index is 0.0102. The van der Waals surface area contributed by atoms with Crippen molar-refractivity contribution < 1.29 is 9.53 Å². The summed E-state index contributed by atoms with van der Waals surface area (Å²) in [5, 5.41) is 0. The van der Waals surface area contributed by atoms with Crippen molar-refractivity contribution >= 4 is 13.9 Å². The van der Waals surface area contributed by atoms with Gasteiger partial charge < -0.3 is 4.74 Å². The Labute approximate surface area is 194 Å². The number of hydrogen-bond donors (Lipinski definition) is 2. The molecular weight excluding hydrogens is 409 g/mol. The first-order valence-corrected chi connectivity index (χ1v) is 10.8. The van der Waals surface area contributed by atoms with Crippen molar-refractivity contribution in [1.82, 2.24) is 15.8 Å². The van der Waals surface area contributed by atoms with Crippen LogP contribution in [0, 0.1) is 0 Å². The van der Waals surface area contributed by atoms with Crippen molar-refractivity contribution in [3.05, 3.63) is 114 Å². The van der Waals surface area contributed by atoms with Gasteiger partial charge in [0.1, 0.15) is 6.61 Å². The first kappa shape index (κ1) is 21.0. The second-order valence-electron chi connectivity index (χ2n) is 7.91. The van der Waals surface area contributed by atoms with E-state index in [1.807, 2.05) is 66.7 Å². The average Bonchev–Trinajstić information content (AvgIpc) is 3.20. The van der Waals surface area contributed by atoms with E-state index in [2.05, 4.69) is 40.1 Å². The normalized spacial score (nSPS) is 13.1. The zero-order valence-corrected chi connectivity index (χ0v) is 17.9. The SMILES string of the molecule is [B]C(NNC(=O)OCC1c2ccccc2-c2ccccc21)c1ccc(-c2ccccn2)cc1. The number of nitrogens with one attached hydrogen (secondary N) is 2. The van der Waals surface area contributed by atoms with Crippen molar-refractivity contribution in [1.29, 1.82) is 0 Å². The van der Waals surface area contributed by atoms with Crippen molar-refractivity contribution in [3.63, 3.8) is 0 Å². The summed E-state index contributed by atoms with van der Waals surface area (Å²) in [5.74, 6) is -0.570. The smallest absolute Gasteiger partial charge is 0.421 e. The lowest BCUT2D eigenvalue weighted by atomic mass is 9.89. The molecule has 1 aromatic heterocycles. The Kier molecular flexibility index (Phi) is 5.92. The van der Waals surface area contributed by atoms with E-state index in [4.69, 9.17) is 12.6 Å². The molecule has 5 rings (SSSR count). The molecule has 1 amide bonds. The predicted molar refractivity (Wildman–Crippen MR) is 130 cm³/mol. The molecule has 4 aromatic rings. The molecular formula is C27H22BN3O2. The number of nitrogens with zero attached hydrogens (tertiary/aromatic N) is 1. The van der Waals surface area contributed by atoms with Gasteiger partial charge in [-0.05, 0) is 39.9 Å². The number of rotatable bonds is 6. The maximum absolute atomic E-state index is 12.3. The molecule has 1 atom stereocenters. The van der Waals surface area contributed by atoms with Crippen molar-refractivity contribution in [2.45, 2.75) is 11.9 Å². The van der Waals surface area contributed by atoms with Crippen LogP contribution in [0.1, 0.15) is 28.5 Å². The van der Waals surface area contributed by atoms with Crippen LogP contribution < -0.4 is 10.9 Å². The molecule has 0 fully saturated rings. The molecule has 3 aromatic carbocycles. The molecule has 2 radical (unpaired) electrons. The third kappa shape index (κ3) is 4.38. The summed E-state index contributed by atoms with van der Waals surface area (Å²) >= 11 is 0. The van der Waals surface area contributed by atoms with Gasteiger partial charge in [0.25, 0.3) is 0 Å².